The maximum atomic E-state index is 14.8. The van der Waals surface area contributed by atoms with Crippen LogP contribution in [-0.2, 0) is 50.0 Å². The second-order valence-electron chi connectivity index (χ2n) is 23.1. The van der Waals surface area contributed by atoms with Crippen LogP contribution in [-0.4, -0.2) is 138 Å². The summed E-state index contributed by atoms with van der Waals surface area (Å²) in [4.78, 5) is 0. The summed E-state index contributed by atoms with van der Waals surface area (Å²) in [5, 5.41) is 0. The molecular formula is C64H152F4O12P4S8. The van der Waals surface area contributed by atoms with Crippen LogP contribution in [0.1, 0.15) is 269 Å². The van der Waals surface area contributed by atoms with E-state index in [1.165, 1.54) is 0 Å². The highest BCUT2D eigenvalue weighted by Crippen LogP contribution is 2.76. The van der Waals surface area contributed by atoms with Gasteiger partial charge >= 0.3 is 31.6 Å². The van der Waals surface area contributed by atoms with Gasteiger partial charge in [-0.1, -0.05) is 218 Å². The Balaban J connectivity index is -0.000000561. The van der Waals surface area contributed by atoms with Crippen LogP contribution in [0.3, 0.4) is 0 Å². The Morgan fingerprint density at radius 1 is 0.185 bits per heavy atom. The molecule has 0 saturated heterocycles. The molecule has 0 N–H and O–H groups in total. The zero-order chi connectivity index (χ0) is 71.9. The van der Waals surface area contributed by atoms with Crippen molar-refractivity contribution >= 4 is 114 Å². The summed E-state index contributed by atoms with van der Waals surface area (Å²) in [6.07, 6.45) is 16.1. The summed E-state index contributed by atoms with van der Waals surface area (Å²) in [6, 6.07) is 0. The quantitative estimate of drug-likeness (QED) is 0.0423. The predicted octanol–water partition coefficient (Wildman–Crippen LogP) is 28.9. The minimum atomic E-state index is -4.51. The van der Waals surface area contributed by atoms with E-state index in [0.29, 0.717) is 0 Å². The van der Waals surface area contributed by atoms with Crippen LogP contribution < -0.4 is 0 Å². The van der Waals surface area contributed by atoms with Gasteiger partial charge in [0.25, 0.3) is 0 Å². The fraction of sp³-hybridized carbons (Fsp3) is 1.00. The van der Waals surface area contributed by atoms with Crippen LogP contribution in [0.25, 0.3) is 0 Å². The van der Waals surface area contributed by atoms with Gasteiger partial charge in [0.1, 0.15) is 0 Å². The molecule has 0 amide bonds. The van der Waals surface area contributed by atoms with E-state index in [-0.39, 0.29) is 0 Å². The number of hydrogen-bond donors (Lipinski definition) is 0. The topological polar surface area (TPSA) is 142 Å². The van der Waals surface area contributed by atoms with Gasteiger partial charge in [-0.25, -0.2) is 50.0 Å². The van der Waals surface area contributed by atoms with E-state index in [1.807, 2.05) is 111 Å². The van der Waals surface area contributed by atoms with Gasteiger partial charge in [-0.15, -0.1) is 99.3 Å². The molecule has 0 aromatic rings. The van der Waals surface area contributed by atoms with Crippen molar-refractivity contribution in [2.24, 2.45) is 0 Å². The Labute approximate surface area is 583 Å². The number of rotatable bonds is 56. The third-order valence-electron chi connectivity index (χ3n) is 17.4. The molecule has 12 nitrogen and oxygen atoms in total. The van der Waals surface area contributed by atoms with Crippen LogP contribution in [0, 0.1) is 0 Å². The Morgan fingerprint density at radius 2 is 0.261 bits per heavy atom. The fourth-order valence-corrected chi connectivity index (χ4v) is 46.8. The lowest BCUT2D eigenvalue weighted by molar-refractivity contribution is 0.363. The van der Waals surface area contributed by atoms with Gasteiger partial charge < -0.3 is 0 Å². The van der Waals surface area contributed by atoms with Crippen LogP contribution in [0.5, 0.6) is 0 Å². The van der Waals surface area contributed by atoms with E-state index in [0.717, 1.165) is 241 Å². The molecule has 0 spiro atoms. The van der Waals surface area contributed by atoms with Gasteiger partial charge in [0.2, 0.25) is 0 Å². The monoisotopic (exact) mass is 1570 g/mol. The molecule has 0 heterocycles. The molecule has 0 unspecified atom stereocenters. The van der Waals surface area contributed by atoms with Crippen molar-refractivity contribution in [2.45, 2.75) is 269 Å². The summed E-state index contributed by atoms with van der Waals surface area (Å²) in [5.41, 5.74) is 0. The van der Waals surface area contributed by atoms with Gasteiger partial charge in [0.15, 0.2) is 0 Å². The molecule has 0 aliphatic carbocycles. The molecule has 0 rings (SSSR count). The largest absolute Gasteiger partial charge is 0.532 e. The second kappa shape index (κ2) is 53.8. The fourth-order valence-electron chi connectivity index (χ4n) is 9.90. The lowest BCUT2D eigenvalue weighted by Crippen LogP contribution is -2.16. The molecule has 0 bridgehead atoms. The number of halogens is 4. The molecule has 28 heteroatoms. The lowest BCUT2D eigenvalue weighted by atomic mass is 10.4. The first-order chi connectivity index (χ1) is 43.1. The smallest absolute Gasteiger partial charge is 0.233 e. The summed E-state index contributed by atoms with van der Waals surface area (Å²) >= 11 is 0. The molecule has 0 aliphatic rings. The molecular weight excluding hydrogens is 1420 g/mol. The van der Waals surface area contributed by atoms with Crippen molar-refractivity contribution in [3.63, 3.8) is 0 Å². The Kier molecular flexibility index (Phi) is 59.4. The molecule has 92 heavy (non-hydrogen) atoms. The van der Waals surface area contributed by atoms with E-state index in [1.54, 1.807) is 0 Å². The van der Waals surface area contributed by atoms with Crippen molar-refractivity contribution in [3.8, 4) is 0 Å². The van der Waals surface area contributed by atoms with Gasteiger partial charge in [-0.2, -0.15) is 0 Å². The zero-order valence-electron chi connectivity index (χ0n) is 63.7. The van der Waals surface area contributed by atoms with Gasteiger partial charge in [-0.05, 0) is 189 Å². The molecule has 0 aromatic heterocycles. The van der Waals surface area contributed by atoms with Crippen LogP contribution in [0.4, 0.5) is 16.8 Å². The molecule has 0 radical (unpaired) electrons. The maximum Gasteiger partial charge on any atom is 0.532 e. The van der Waals surface area contributed by atoms with E-state index < -0.39 is 114 Å². The predicted molar refractivity (Wildman–Crippen MR) is 431 cm³/mol. The average molecular weight is 1570 g/mol. The molecule has 0 atom stereocenters. The van der Waals surface area contributed by atoms with E-state index in [9.17, 15) is 35.0 Å². The number of unbranched alkanes of at least 4 members (excludes halogenated alkanes) is 8. The van der Waals surface area contributed by atoms with Gasteiger partial charge in [0, 0.05) is 0 Å². The summed E-state index contributed by atoms with van der Waals surface area (Å²) in [6.45, 7) is 48.9. The number of hydrogen-bond acceptors (Lipinski definition) is 12. The van der Waals surface area contributed by atoms with Crippen molar-refractivity contribution in [3.05, 3.63) is 0 Å². The van der Waals surface area contributed by atoms with Crippen molar-refractivity contribution in [1.29, 1.82) is 0 Å². The Morgan fingerprint density at radius 3 is 0.315 bits per heavy atom. The maximum absolute atomic E-state index is 14.8. The van der Waals surface area contributed by atoms with Crippen LogP contribution >= 0.6 is 114 Å². The van der Waals surface area contributed by atoms with Crippen molar-refractivity contribution in [1.82, 2.24) is 0 Å². The Bertz CT molecular complexity index is 1600. The standard InChI is InChI=1S/4C16H38FO3PS2/c4*1-7-13-15-22(9-3,10-4)19-21(17,18)20-23(11-5,12-6)16-14-8-2/h4*7-16H2,1-6H3. The van der Waals surface area contributed by atoms with Gasteiger partial charge in [-0.3, -0.25) is 0 Å². The zero-order valence-corrected chi connectivity index (χ0v) is 73.9. The normalized spacial score (nSPS) is 14.9. The summed E-state index contributed by atoms with van der Waals surface area (Å²) in [5.74, 6) is 18.2. The Hall–Kier alpha value is 3.12. The third kappa shape index (κ3) is 40.8. The third-order valence-corrected chi connectivity index (χ3v) is 58.3. The lowest BCUT2D eigenvalue weighted by Gasteiger charge is -2.42. The molecule has 0 saturated carbocycles. The van der Waals surface area contributed by atoms with E-state index in [2.05, 4.69) is 55.4 Å². The molecule has 0 aromatic carbocycles. The van der Waals surface area contributed by atoms with Crippen LogP contribution in [0.2, 0.25) is 0 Å². The van der Waals surface area contributed by atoms with E-state index in [4.69, 9.17) is 31.8 Å². The first-order valence-electron chi connectivity index (χ1n) is 36.1. The first kappa shape index (κ1) is 101. The highest BCUT2D eigenvalue weighted by Gasteiger charge is 2.44. The van der Waals surface area contributed by atoms with Crippen molar-refractivity contribution < 1.29 is 66.8 Å². The highest BCUT2D eigenvalue weighted by atomic mass is 32.3. The van der Waals surface area contributed by atoms with Gasteiger partial charge in [0.05, 0.1) is 0 Å². The second-order valence-corrected chi connectivity index (χ2v) is 59.3. The minimum absolute atomic E-state index is 0.732. The molecule has 576 valence electrons. The van der Waals surface area contributed by atoms with Crippen LogP contribution in [0.15, 0.2) is 0 Å². The average Bonchev–Trinajstić information content (AvgIpc) is 1.67. The van der Waals surface area contributed by atoms with Crippen molar-refractivity contribution in [2.75, 3.05) is 138 Å². The highest BCUT2D eigenvalue weighted by molar-refractivity contribution is 8.35. The first-order valence-corrected chi connectivity index (χ1v) is 58.4. The SMILES string of the molecule is CCCCS(CC)(CC)OP(=O)(F)OS(CC)(CC)CCCC.CCCCS(CC)(CC)OP(=O)(F)OS(CC)(CC)CCCC.CCCCS(CC)(CC)OP(=O)(F)OS(CC)(CC)CCCC.CCCCS(CC)(CC)OP(=O)(F)OS(CC)(CC)CCCC. The molecule has 0 fully saturated rings. The molecule has 0 aliphatic heterocycles. The summed E-state index contributed by atoms with van der Waals surface area (Å²) < 4.78 is 155. The summed E-state index contributed by atoms with van der Waals surface area (Å²) in [7, 11) is -31.2. The van der Waals surface area contributed by atoms with E-state index >= 15 is 0 Å². The minimum Gasteiger partial charge on any atom is -0.233 e.